The number of ether oxygens (including phenoxy) is 1. The highest BCUT2D eigenvalue weighted by Gasteiger charge is 2.05. The van der Waals surface area contributed by atoms with E-state index in [1.165, 1.54) is 0 Å². The number of carbonyl (C=O) groups is 1. The van der Waals surface area contributed by atoms with Crippen molar-refractivity contribution < 1.29 is 9.53 Å². The van der Waals surface area contributed by atoms with Crippen molar-refractivity contribution in [3.63, 3.8) is 0 Å². The highest BCUT2D eigenvalue weighted by atomic mass is 16.5. The van der Waals surface area contributed by atoms with Crippen molar-refractivity contribution in [2.24, 2.45) is 0 Å². The van der Waals surface area contributed by atoms with Crippen LogP contribution in [0, 0.1) is 0 Å². The van der Waals surface area contributed by atoms with Gasteiger partial charge in [-0.15, -0.1) is 0 Å². The van der Waals surface area contributed by atoms with E-state index in [0.717, 1.165) is 41.2 Å². The van der Waals surface area contributed by atoms with Crippen LogP contribution in [0.25, 0.3) is 11.3 Å². The minimum atomic E-state index is 0.0334. The van der Waals surface area contributed by atoms with Gasteiger partial charge in [0.05, 0.1) is 12.3 Å². The lowest BCUT2D eigenvalue weighted by Crippen LogP contribution is -2.23. The molecule has 5 heteroatoms. The van der Waals surface area contributed by atoms with Crippen LogP contribution >= 0.6 is 0 Å². The predicted octanol–water partition coefficient (Wildman–Crippen LogP) is 4.18. The lowest BCUT2D eigenvalue weighted by Gasteiger charge is -2.08. The average Bonchev–Trinajstić information content (AvgIpc) is 2.76. The SMILES string of the molecule is CCCOc1ccc(CCC(=O)NCc2ccnc(-c3cccnc3)c2)cc1. The largest absolute Gasteiger partial charge is 0.494 e. The van der Waals surface area contributed by atoms with E-state index < -0.39 is 0 Å². The van der Waals surface area contributed by atoms with E-state index >= 15 is 0 Å². The van der Waals surface area contributed by atoms with Crippen molar-refractivity contribution in [2.45, 2.75) is 32.7 Å². The molecule has 28 heavy (non-hydrogen) atoms. The number of amides is 1. The number of hydrogen-bond donors (Lipinski definition) is 1. The van der Waals surface area contributed by atoms with Gasteiger partial charge in [-0.2, -0.15) is 0 Å². The Balaban J connectivity index is 1.47. The zero-order valence-electron chi connectivity index (χ0n) is 16.1. The Morgan fingerprint density at radius 1 is 1.07 bits per heavy atom. The zero-order valence-corrected chi connectivity index (χ0v) is 16.1. The van der Waals surface area contributed by atoms with Gasteiger partial charge in [0.2, 0.25) is 5.91 Å². The van der Waals surface area contributed by atoms with Crippen LogP contribution in [0.3, 0.4) is 0 Å². The Labute approximate surface area is 165 Å². The van der Waals surface area contributed by atoms with Crippen molar-refractivity contribution in [2.75, 3.05) is 6.61 Å². The Bertz CT molecular complexity index is 880. The lowest BCUT2D eigenvalue weighted by molar-refractivity contribution is -0.121. The Kier molecular flexibility index (Phi) is 7.13. The topological polar surface area (TPSA) is 64.1 Å². The maximum Gasteiger partial charge on any atom is 0.220 e. The minimum absolute atomic E-state index is 0.0334. The molecule has 1 N–H and O–H groups in total. The second-order valence-electron chi connectivity index (χ2n) is 6.56. The summed E-state index contributed by atoms with van der Waals surface area (Å²) in [5, 5.41) is 2.98. The van der Waals surface area contributed by atoms with Crippen LogP contribution in [-0.4, -0.2) is 22.5 Å². The molecule has 0 fully saturated rings. The zero-order chi connectivity index (χ0) is 19.6. The molecule has 0 aliphatic rings. The second-order valence-corrected chi connectivity index (χ2v) is 6.56. The second kappa shape index (κ2) is 10.2. The summed E-state index contributed by atoms with van der Waals surface area (Å²) in [6.45, 7) is 3.29. The van der Waals surface area contributed by atoms with Crippen molar-refractivity contribution >= 4 is 5.91 Å². The molecule has 0 radical (unpaired) electrons. The Morgan fingerprint density at radius 3 is 2.68 bits per heavy atom. The van der Waals surface area contributed by atoms with Crippen molar-refractivity contribution in [3.05, 3.63) is 78.2 Å². The summed E-state index contributed by atoms with van der Waals surface area (Å²) in [5.74, 6) is 0.906. The molecular weight excluding hydrogens is 350 g/mol. The minimum Gasteiger partial charge on any atom is -0.494 e. The molecule has 0 aliphatic heterocycles. The molecule has 1 amide bonds. The van der Waals surface area contributed by atoms with Crippen molar-refractivity contribution in [1.29, 1.82) is 0 Å². The van der Waals surface area contributed by atoms with Crippen LogP contribution in [0.15, 0.2) is 67.1 Å². The lowest BCUT2D eigenvalue weighted by atomic mass is 10.1. The van der Waals surface area contributed by atoms with Crippen molar-refractivity contribution in [1.82, 2.24) is 15.3 Å². The number of benzene rings is 1. The molecule has 0 saturated carbocycles. The van der Waals surface area contributed by atoms with Crippen LogP contribution in [0.4, 0.5) is 0 Å². The maximum atomic E-state index is 12.2. The smallest absolute Gasteiger partial charge is 0.220 e. The summed E-state index contributed by atoms with van der Waals surface area (Å²) >= 11 is 0. The number of rotatable bonds is 9. The van der Waals surface area contributed by atoms with E-state index in [2.05, 4.69) is 22.2 Å². The summed E-state index contributed by atoms with van der Waals surface area (Å²) in [7, 11) is 0. The van der Waals surface area contributed by atoms with E-state index in [-0.39, 0.29) is 5.91 Å². The maximum absolute atomic E-state index is 12.2. The quantitative estimate of drug-likeness (QED) is 0.609. The fraction of sp³-hybridized carbons (Fsp3) is 0.261. The van der Waals surface area contributed by atoms with Crippen LogP contribution in [0.1, 0.15) is 30.9 Å². The first kappa shape index (κ1) is 19.5. The molecule has 0 atom stereocenters. The Morgan fingerprint density at radius 2 is 1.93 bits per heavy atom. The predicted molar refractivity (Wildman–Crippen MR) is 110 cm³/mol. The first-order valence-corrected chi connectivity index (χ1v) is 9.58. The van der Waals surface area contributed by atoms with E-state index in [1.807, 2.05) is 48.5 Å². The molecule has 3 aromatic rings. The van der Waals surface area contributed by atoms with Crippen molar-refractivity contribution in [3.8, 4) is 17.0 Å². The molecule has 0 aliphatic carbocycles. The van der Waals surface area contributed by atoms with Gasteiger partial charge in [0.25, 0.3) is 0 Å². The molecule has 0 unspecified atom stereocenters. The summed E-state index contributed by atoms with van der Waals surface area (Å²) in [5.41, 5.74) is 3.95. The van der Waals surface area contributed by atoms with Crippen LogP contribution in [-0.2, 0) is 17.8 Å². The highest BCUT2D eigenvalue weighted by molar-refractivity contribution is 5.76. The number of hydrogen-bond acceptors (Lipinski definition) is 4. The van der Waals surface area contributed by atoms with E-state index in [9.17, 15) is 4.79 Å². The van der Waals surface area contributed by atoms with Crippen LogP contribution in [0.5, 0.6) is 5.75 Å². The number of nitrogens with zero attached hydrogens (tertiary/aromatic N) is 2. The first-order chi connectivity index (χ1) is 13.7. The summed E-state index contributed by atoms with van der Waals surface area (Å²) < 4.78 is 5.58. The standard InChI is InChI=1S/C23H25N3O2/c1-2-14-28-21-8-5-18(6-9-21)7-10-23(27)26-16-19-11-13-25-22(15-19)20-4-3-12-24-17-20/h3-6,8-9,11-13,15,17H,2,7,10,14,16H2,1H3,(H,26,27). The van der Waals surface area contributed by atoms with Gasteiger partial charge in [0.15, 0.2) is 0 Å². The number of nitrogens with one attached hydrogen (secondary N) is 1. The normalized spacial score (nSPS) is 10.5. The fourth-order valence-corrected chi connectivity index (χ4v) is 2.78. The van der Waals surface area contributed by atoms with E-state index in [4.69, 9.17) is 4.74 Å². The molecule has 3 rings (SSSR count). The number of aryl methyl sites for hydroxylation is 1. The van der Waals surface area contributed by atoms with Gasteiger partial charge in [0, 0.05) is 37.1 Å². The number of pyridine rings is 2. The highest BCUT2D eigenvalue weighted by Crippen LogP contribution is 2.16. The third-order valence-electron chi connectivity index (χ3n) is 4.31. The molecule has 0 spiro atoms. The van der Waals surface area contributed by atoms with Crippen LogP contribution in [0.2, 0.25) is 0 Å². The molecule has 2 aromatic heterocycles. The number of carbonyl (C=O) groups excluding carboxylic acids is 1. The van der Waals surface area contributed by atoms with Gasteiger partial charge in [-0.3, -0.25) is 14.8 Å². The van der Waals surface area contributed by atoms with Crippen LogP contribution < -0.4 is 10.1 Å². The molecule has 2 heterocycles. The average molecular weight is 375 g/mol. The molecule has 0 saturated heterocycles. The first-order valence-electron chi connectivity index (χ1n) is 9.58. The summed E-state index contributed by atoms with van der Waals surface area (Å²) in [6, 6.07) is 15.7. The van der Waals surface area contributed by atoms with Gasteiger partial charge >= 0.3 is 0 Å². The third kappa shape index (κ3) is 5.91. The molecular formula is C23H25N3O2. The molecule has 144 valence electrons. The monoisotopic (exact) mass is 375 g/mol. The molecule has 1 aromatic carbocycles. The molecule has 5 nitrogen and oxygen atoms in total. The third-order valence-corrected chi connectivity index (χ3v) is 4.31. The van der Waals surface area contributed by atoms with Gasteiger partial charge in [-0.1, -0.05) is 19.1 Å². The van der Waals surface area contributed by atoms with Gasteiger partial charge < -0.3 is 10.1 Å². The van der Waals surface area contributed by atoms with Gasteiger partial charge in [0.1, 0.15) is 5.75 Å². The fourth-order valence-electron chi connectivity index (χ4n) is 2.78. The summed E-state index contributed by atoms with van der Waals surface area (Å²) in [4.78, 5) is 20.7. The molecule has 0 bridgehead atoms. The summed E-state index contributed by atoms with van der Waals surface area (Å²) in [6.07, 6.45) is 7.42. The van der Waals surface area contributed by atoms with E-state index in [0.29, 0.717) is 19.4 Å². The van der Waals surface area contributed by atoms with E-state index in [1.54, 1.807) is 18.6 Å². The van der Waals surface area contributed by atoms with Gasteiger partial charge in [-0.25, -0.2) is 0 Å². The number of aromatic nitrogens is 2. The Hall–Kier alpha value is -3.21. The van der Waals surface area contributed by atoms with Gasteiger partial charge in [-0.05, 0) is 60.4 Å².